The number of nitrogens with zero attached hydrogens (tertiary/aromatic N) is 4. The third-order valence-electron chi connectivity index (χ3n) is 4.94. The number of hydrogen-bond acceptors (Lipinski definition) is 5. The fourth-order valence-corrected chi connectivity index (χ4v) is 3.72. The summed E-state index contributed by atoms with van der Waals surface area (Å²) in [5, 5.41) is 15.5. The monoisotopic (exact) mass is 354 g/mol. The highest BCUT2D eigenvalue weighted by Gasteiger charge is 2.22. The molecule has 0 bridgehead atoms. The molecule has 0 spiro atoms. The first-order valence-electron chi connectivity index (χ1n) is 8.54. The third kappa shape index (κ3) is 2.90. The first kappa shape index (κ1) is 16.1. The van der Waals surface area contributed by atoms with Crippen LogP contribution in [0.2, 0.25) is 5.02 Å². The average Bonchev–Trinajstić information content (AvgIpc) is 3.00. The van der Waals surface area contributed by atoms with Crippen molar-refractivity contribution in [3.05, 3.63) is 29.2 Å². The lowest BCUT2D eigenvalue weighted by molar-refractivity contribution is 0.229. The Kier molecular flexibility index (Phi) is 4.20. The summed E-state index contributed by atoms with van der Waals surface area (Å²) in [6, 6.07) is 4.43. The zero-order chi connectivity index (χ0) is 17.4. The van der Waals surface area contributed by atoms with E-state index in [4.69, 9.17) is 11.6 Å². The Morgan fingerprint density at radius 1 is 1.36 bits per heavy atom. The van der Waals surface area contributed by atoms with Gasteiger partial charge in [0.2, 0.25) is 0 Å². The van der Waals surface area contributed by atoms with Gasteiger partial charge < -0.3 is 15.2 Å². The summed E-state index contributed by atoms with van der Waals surface area (Å²) < 4.78 is 0. The van der Waals surface area contributed by atoms with Crippen LogP contribution in [0.15, 0.2) is 18.5 Å². The average molecular weight is 355 g/mol. The van der Waals surface area contributed by atoms with Crippen LogP contribution in [-0.4, -0.2) is 45.5 Å². The van der Waals surface area contributed by atoms with Crippen LogP contribution >= 0.6 is 11.6 Å². The Morgan fingerprint density at radius 2 is 2.16 bits per heavy atom. The van der Waals surface area contributed by atoms with Crippen molar-refractivity contribution in [3.63, 3.8) is 0 Å². The molecule has 128 valence electrons. The summed E-state index contributed by atoms with van der Waals surface area (Å²) >= 11 is 6.14. The molecule has 0 amide bonds. The van der Waals surface area contributed by atoms with Crippen molar-refractivity contribution in [2.24, 2.45) is 0 Å². The Bertz CT molecular complexity index is 965. The fraction of sp³-hybridized carbons (Fsp3) is 0.389. The SMILES string of the molecule is CCN1CCC(Nc2c(C#N)ncc3[nH]c4ncc(Cl)cc4c23)CC1. The van der Waals surface area contributed by atoms with Gasteiger partial charge in [-0.3, -0.25) is 0 Å². The quantitative estimate of drug-likeness (QED) is 0.752. The van der Waals surface area contributed by atoms with Crippen LogP contribution in [0.4, 0.5) is 5.69 Å². The van der Waals surface area contributed by atoms with Crippen LogP contribution in [0.1, 0.15) is 25.5 Å². The van der Waals surface area contributed by atoms with E-state index in [0.29, 0.717) is 16.8 Å². The number of H-pyrrole nitrogens is 1. The predicted molar refractivity (Wildman–Crippen MR) is 99.9 cm³/mol. The second kappa shape index (κ2) is 6.51. The molecule has 0 saturated carbocycles. The maximum atomic E-state index is 9.54. The van der Waals surface area contributed by atoms with Gasteiger partial charge in [0.15, 0.2) is 5.69 Å². The molecule has 1 fully saturated rings. The lowest BCUT2D eigenvalue weighted by atomic mass is 10.0. The number of halogens is 1. The van der Waals surface area contributed by atoms with Crippen molar-refractivity contribution in [2.45, 2.75) is 25.8 Å². The van der Waals surface area contributed by atoms with Crippen LogP contribution in [-0.2, 0) is 0 Å². The van der Waals surface area contributed by atoms with Crippen molar-refractivity contribution < 1.29 is 0 Å². The summed E-state index contributed by atoms with van der Waals surface area (Å²) in [5.41, 5.74) is 2.80. The molecule has 3 aromatic heterocycles. The molecule has 2 N–H and O–H groups in total. The Labute approximate surface area is 150 Å². The lowest BCUT2D eigenvalue weighted by Gasteiger charge is -2.32. The minimum Gasteiger partial charge on any atom is -0.379 e. The van der Waals surface area contributed by atoms with Crippen molar-refractivity contribution in [1.29, 1.82) is 5.26 Å². The van der Waals surface area contributed by atoms with Gasteiger partial charge in [-0.25, -0.2) is 9.97 Å². The van der Waals surface area contributed by atoms with Gasteiger partial charge in [-0.1, -0.05) is 18.5 Å². The highest BCUT2D eigenvalue weighted by Crippen LogP contribution is 2.34. The van der Waals surface area contributed by atoms with Gasteiger partial charge in [0.25, 0.3) is 0 Å². The Hall–Kier alpha value is -2.36. The first-order valence-corrected chi connectivity index (χ1v) is 8.92. The van der Waals surface area contributed by atoms with E-state index in [0.717, 1.165) is 60.1 Å². The maximum Gasteiger partial charge on any atom is 0.164 e. The maximum absolute atomic E-state index is 9.54. The molecule has 0 aromatic carbocycles. The Balaban J connectivity index is 1.79. The van der Waals surface area contributed by atoms with Crippen molar-refractivity contribution in [1.82, 2.24) is 19.9 Å². The second-order valence-electron chi connectivity index (χ2n) is 6.41. The number of aromatic amines is 1. The molecule has 0 aliphatic carbocycles. The number of rotatable bonds is 3. The molecular weight excluding hydrogens is 336 g/mol. The number of hydrogen-bond donors (Lipinski definition) is 2. The van der Waals surface area contributed by atoms with Crippen molar-refractivity contribution >= 4 is 39.2 Å². The lowest BCUT2D eigenvalue weighted by Crippen LogP contribution is -2.39. The largest absolute Gasteiger partial charge is 0.379 e. The summed E-state index contributed by atoms with van der Waals surface area (Å²) in [6.45, 7) is 5.41. The van der Waals surface area contributed by atoms with E-state index in [1.54, 1.807) is 12.4 Å². The molecule has 3 aromatic rings. The topological polar surface area (TPSA) is 80.6 Å². The molecule has 7 heteroatoms. The molecule has 0 unspecified atom stereocenters. The van der Waals surface area contributed by atoms with Gasteiger partial charge >= 0.3 is 0 Å². The molecule has 1 aliphatic rings. The zero-order valence-electron chi connectivity index (χ0n) is 14.0. The molecule has 1 aliphatic heterocycles. The highest BCUT2D eigenvalue weighted by atomic mass is 35.5. The number of fused-ring (bicyclic) bond motifs is 3. The number of piperidine rings is 1. The number of pyridine rings is 2. The zero-order valence-corrected chi connectivity index (χ0v) is 14.8. The number of anilines is 1. The fourth-order valence-electron chi connectivity index (χ4n) is 3.57. The Morgan fingerprint density at radius 3 is 2.88 bits per heavy atom. The predicted octanol–water partition coefficient (Wildman–Crippen LogP) is 3.53. The normalized spacial score (nSPS) is 16.4. The molecule has 4 rings (SSSR count). The van der Waals surface area contributed by atoms with E-state index in [2.05, 4.69) is 38.2 Å². The van der Waals surface area contributed by atoms with Gasteiger partial charge in [-0.05, 0) is 25.5 Å². The van der Waals surface area contributed by atoms with Gasteiger partial charge in [-0.2, -0.15) is 5.26 Å². The number of nitriles is 1. The number of aromatic nitrogens is 3. The molecule has 1 saturated heterocycles. The van der Waals surface area contributed by atoms with E-state index < -0.39 is 0 Å². The third-order valence-corrected chi connectivity index (χ3v) is 5.15. The van der Waals surface area contributed by atoms with Crippen molar-refractivity contribution in [2.75, 3.05) is 25.0 Å². The first-order chi connectivity index (χ1) is 12.2. The molecule has 25 heavy (non-hydrogen) atoms. The van der Waals surface area contributed by atoms with E-state index in [1.807, 2.05) is 6.07 Å². The van der Waals surface area contributed by atoms with Crippen LogP contribution in [0.3, 0.4) is 0 Å². The highest BCUT2D eigenvalue weighted by molar-refractivity contribution is 6.31. The standard InChI is InChI=1S/C18H19ClN6/c1-2-25-5-3-12(4-6-25)23-17-14(8-20)21-10-15-16(17)13-7-11(19)9-22-18(13)24-15/h7,9-10,12,23H,2-6H2,1H3,(H,22,24). The van der Waals surface area contributed by atoms with E-state index in [9.17, 15) is 5.26 Å². The molecule has 6 nitrogen and oxygen atoms in total. The smallest absolute Gasteiger partial charge is 0.164 e. The molecule has 4 heterocycles. The van der Waals surface area contributed by atoms with Gasteiger partial charge in [-0.15, -0.1) is 0 Å². The summed E-state index contributed by atoms with van der Waals surface area (Å²) in [5.74, 6) is 0. The van der Waals surface area contributed by atoms with E-state index in [1.165, 1.54) is 0 Å². The minimum absolute atomic E-state index is 0.333. The van der Waals surface area contributed by atoms with E-state index in [-0.39, 0.29) is 0 Å². The molecule has 0 radical (unpaired) electrons. The van der Waals surface area contributed by atoms with E-state index >= 15 is 0 Å². The number of likely N-dealkylation sites (tertiary alicyclic amines) is 1. The van der Waals surface area contributed by atoms with Crippen LogP contribution in [0.5, 0.6) is 0 Å². The van der Waals surface area contributed by atoms with Gasteiger partial charge in [0, 0.05) is 36.1 Å². The summed E-state index contributed by atoms with van der Waals surface area (Å²) in [7, 11) is 0. The van der Waals surface area contributed by atoms with Crippen LogP contribution in [0.25, 0.3) is 21.9 Å². The molecule has 0 atom stereocenters. The van der Waals surface area contributed by atoms with Crippen molar-refractivity contribution in [3.8, 4) is 6.07 Å². The van der Waals surface area contributed by atoms with Gasteiger partial charge in [0.05, 0.1) is 22.4 Å². The molecular formula is C18H19ClN6. The van der Waals surface area contributed by atoms with Crippen LogP contribution < -0.4 is 5.32 Å². The van der Waals surface area contributed by atoms with Crippen LogP contribution in [0, 0.1) is 11.3 Å². The minimum atomic E-state index is 0.333. The number of nitrogens with one attached hydrogen (secondary N) is 2. The summed E-state index contributed by atoms with van der Waals surface area (Å²) in [6.07, 6.45) is 5.41. The second-order valence-corrected chi connectivity index (χ2v) is 6.85. The summed E-state index contributed by atoms with van der Waals surface area (Å²) in [4.78, 5) is 14.4. The van der Waals surface area contributed by atoms with Gasteiger partial charge in [0.1, 0.15) is 11.7 Å².